The second-order valence-corrected chi connectivity index (χ2v) is 13.4. The molecule has 0 aliphatic rings. The van der Waals surface area contributed by atoms with E-state index in [0.29, 0.717) is 32.4 Å². The van der Waals surface area contributed by atoms with E-state index in [-0.39, 0.29) is 42.4 Å². The summed E-state index contributed by atoms with van der Waals surface area (Å²) < 4.78 is 33.7. The van der Waals surface area contributed by atoms with Crippen LogP contribution in [0.1, 0.15) is 55.7 Å². The summed E-state index contributed by atoms with van der Waals surface area (Å²) in [6.07, 6.45) is 0.557. The largest absolute Gasteiger partial charge is 0.449 e. The highest BCUT2D eigenvalue weighted by molar-refractivity contribution is 7.89. The fraction of sp³-hybridized carbons (Fsp3) is 0.412. The second-order valence-electron chi connectivity index (χ2n) is 11.5. The van der Waals surface area contributed by atoms with E-state index < -0.39 is 28.1 Å². The van der Waals surface area contributed by atoms with Gasteiger partial charge >= 0.3 is 6.09 Å². The quantitative estimate of drug-likeness (QED) is 0.153. The number of amides is 2. The topological polar surface area (TPSA) is 165 Å². The summed E-state index contributed by atoms with van der Waals surface area (Å²) in [5.74, 6) is -1.39. The number of ether oxygens (including phenoxy) is 1. The lowest BCUT2D eigenvalue weighted by Crippen LogP contribution is -2.44. The van der Waals surface area contributed by atoms with Crippen LogP contribution in [0.4, 0.5) is 4.79 Å². The normalized spacial score (nSPS) is 13.1. The van der Waals surface area contributed by atoms with E-state index in [4.69, 9.17) is 16.2 Å². The molecule has 2 amide bonds. The number of primary amides is 1. The molecule has 0 heterocycles. The van der Waals surface area contributed by atoms with Crippen molar-refractivity contribution in [1.82, 2.24) is 9.62 Å². The van der Waals surface area contributed by atoms with E-state index in [1.54, 1.807) is 24.3 Å². The third-order valence-electron chi connectivity index (χ3n) is 7.65. The van der Waals surface area contributed by atoms with Crippen LogP contribution < -0.4 is 16.8 Å². The fourth-order valence-electron chi connectivity index (χ4n) is 5.38. The van der Waals surface area contributed by atoms with Gasteiger partial charge in [0.1, 0.15) is 6.61 Å². The Morgan fingerprint density at radius 2 is 1.49 bits per heavy atom. The highest BCUT2D eigenvalue weighted by atomic mass is 32.2. The van der Waals surface area contributed by atoms with E-state index in [2.05, 4.69) is 5.32 Å². The van der Waals surface area contributed by atoms with Gasteiger partial charge in [0, 0.05) is 31.6 Å². The van der Waals surface area contributed by atoms with Crippen molar-refractivity contribution >= 4 is 22.0 Å². The molecule has 2 atom stereocenters. The zero-order valence-electron chi connectivity index (χ0n) is 26.0. The number of nitrogens with one attached hydrogen (secondary N) is 1. The highest BCUT2D eigenvalue weighted by Gasteiger charge is 2.33. The minimum Gasteiger partial charge on any atom is -0.449 e. The van der Waals surface area contributed by atoms with Crippen molar-refractivity contribution in [2.45, 2.75) is 56.5 Å². The summed E-state index contributed by atoms with van der Waals surface area (Å²) >= 11 is 0. The molecule has 0 aliphatic carbocycles. The molecule has 0 unspecified atom stereocenters. The third kappa shape index (κ3) is 10.4. The van der Waals surface area contributed by atoms with Crippen molar-refractivity contribution in [2.24, 2.45) is 23.3 Å². The Hall–Kier alpha value is -3.77. The van der Waals surface area contributed by atoms with Crippen molar-refractivity contribution in [3.8, 4) is 0 Å². The predicted octanol–water partition coefficient (Wildman–Crippen LogP) is 3.98. The summed E-state index contributed by atoms with van der Waals surface area (Å²) in [4.78, 5) is 25.3. The second kappa shape index (κ2) is 17.6. The van der Waals surface area contributed by atoms with Crippen LogP contribution in [0, 0.1) is 11.8 Å². The van der Waals surface area contributed by atoms with Gasteiger partial charge in [0.15, 0.2) is 0 Å². The summed E-state index contributed by atoms with van der Waals surface area (Å²) in [7, 11) is -3.86. The molecule has 10 nitrogen and oxygen atoms in total. The first kappa shape index (κ1) is 35.7. The molecule has 3 aromatic rings. The van der Waals surface area contributed by atoms with E-state index in [1.165, 1.54) is 4.31 Å². The average Bonchev–Trinajstić information content (AvgIpc) is 3.04. The molecule has 11 heteroatoms. The lowest BCUT2D eigenvalue weighted by molar-refractivity contribution is -0.126. The van der Waals surface area contributed by atoms with Crippen molar-refractivity contribution < 1.29 is 27.9 Å². The predicted molar refractivity (Wildman–Crippen MR) is 175 cm³/mol. The molecule has 0 aliphatic heterocycles. The number of nitrogens with zero attached hydrogens (tertiary/aromatic N) is 1. The molecule has 6 N–H and O–H groups in total. The molecule has 0 saturated heterocycles. The van der Waals surface area contributed by atoms with Crippen LogP contribution in [0.25, 0.3) is 0 Å². The summed E-state index contributed by atoms with van der Waals surface area (Å²) in [6.45, 7) is 4.21. The highest BCUT2D eigenvalue weighted by Crippen LogP contribution is 2.33. The maximum absolute atomic E-state index is 13.6. The molecule has 0 radical (unpaired) electrons. The minimum atomic E-state index is -3.86. The van der Waals surface area contributed by atoms with Gasteiger partial charge in [0.05, 0.1) is 17.4 Å². The number of sulfonamides is 1. The standard InChI is InChI=1S/C34H46N4O6S/c1-25(2)22-38(45(42,43)30-18-16-26(21-35)17-19-30)29(23-39)15-9-10-20-37-33(40)31(24-44-34(36)41)32(27-11-5-3-6-12-27)28-13-7-4-8-14-28/h3-8,11-14,16-19,25,29,31-32,39H,9-10,15,20-24,35H2,1-2H3,(H2,36,41)(H,37,40)/t29-,31+/m0/s1. The Labute approximate surface area is 266 Å². The first-order valence-electron chi connectivity index (χ1n) is 15.3. The molecule has 3 rings (SSSR count). The first-order chi connectivity index (χ1) is 21.6. The average molecular weight is 639 g/mol. The molecule has 0 fully saturated rings. The Morgan fingerprint density at radius 3 is 1.98 bits per heavy atom. The Bertz CT molecular complexity index is 1400. The number of hydrogen-bond acceptors (Lipinski definition) is 7. The molecule has 3 aromatic carbocycles. The van der Waals surface area contributed by atoms with Gasteiger partial charge in [-0.25, -0.2) is 13.2 Å². The molecule has 45 heavy (non-hydrogen) atoms. The van der Waals surface area contributed by atoms with Gasteiger partial charge in [-0.2, -0.15) is 4.31 Å². The summed E-state index contributed by atoms with van der Waals surface area (Å²) in [5, 5.41) is 13.2. The van der Waals surface area contributed by atoms with Crippen molar-refractivity contribution in [3.05, 3.63) is 102 Å². The smallest absolute Gasteiger partial charge is 0.404 e. The monoisotopic (exact) mass is 638 g/mol. The number of unbranched alkanes of at least 4 members (excludes halogenated alkanes) is 1. The molecule has 0 aromatic heterocycles. The Kier molecular flexibility index (Phi) is 14.0. The summed E-state index contributed by atoms with van der Waals surface area (Å²) in [5.41, 5.74) is 13.6. The zero-order chi connectivity index (χ0) is 32.8. The van der Waals surface area contributed by atoms with Crippen LogP contribution in [0.2, 0.25) is 0 Å². The molecular formula is C34H46N4O6S. The van der Waals surface area contributed by atoms with Crippen molar-refractivity contribution in [1.29, 1.82) is 0 Å². The maximum atomic E-state index is 13.6. The number of aliphatic hydroxyl groups is 1. The van der Waals surface area contributed by atoms with Gasteiger partial charge in [-0.1, -0.05) is 93.1 Å². The number of rotatable bonds is 18. The number of carbonyl (C=O) groups is 2. The van der Waals surface area contributed by atoms with Gasteiger partial charge in [-0.05, 0) is 47.6 Å². The SMILES string of the molecule is CC(C)CN([C@H](CO)CCCCNC(=O)[C@H](COC(N)=O)C(c1ccccc1)c1ccccc1)S(=O)(=O)c1ccc(CN)cc1. The zero-order valence-corrected chi connectivity index (χ0v) is 26.9. The number of nitrogens with two attached hydrogens (primary N) is 2. The van der Waals surface area contributed by atoms with Crippen molar-refractivity contribution in [3.63, 3.8) is 0 Å². The summed E-state index contributed by atoms with van der Waals surface area (Å²) in [6, 6.07) is 24.9. The number of carbonyl (C=O) groups excluding carboxylic acids is 2. The fourth-order valence-corrected chi connectivity index (χ4v) is 7.19. The molecule has 0 bridgehead atoms. The Balaban J connectivity index is 1.69. The van der Waals surface area contributed by atoms with Gasteiger partial charge in [0.2, 0.25) is 15.9 Å². The lowest BCUT2D eigenvalue weighted by atomic mass is 9.80. The maximum Gasteiger partial charge on any atom is 0.404 e. The van der Waals surface area contributed by atoms with Crippen LogP contribution in [-0.2, 0) is 26.1 Å². The molecular weight excluding hydrogens is 592 g/mol. The number of aliphatic hydroxyl groups excluding tert-OH is 1. The van der Waals surface area contributed by atoms with Crippen LogP contribution in [0.15, 0.2) is 89.8 Å². The molecule has 0 saturated carbocycles. The first-order valence-corrected chi connectivity index (χ1v) is 16.7. The lowest BCUT2D eigenvalue weighted by Gasteiger charge is -2.31. The number of benzene rings is 3. The van der Waals surface area contributed by atoms with E-state index in [1.807, 2.05) is 74.5 Å². The van der Waals surface area contributed by atoms with E-state index >= 15 is 0 Å². The van der Waals surface area contributed by atoms with E-state index in [9.17, 15) is 23.1 Å². The third-order valence-corrected chi connectivity index (χ3v) is 9.59. The van der Waals surface area contributed by atoms with Gasteiger partial charge in [-0.15, -0.1) is 0 Å². The minimum absolute atomic E-state index is 0.0400. The number of hydrogen-bond donors (Lipinski definition) is 4. The van der Waals surface area contributed by atoms with Crippen LogP contribution in [0.5, 0.6) is 0 Å². The van der Waals surface area contributed by atoms with Crippen LogP contribution in [0.3, 0.4) is 0 Å². The molecule has 0 spiro atoms. The Morgan fingerprint density at radius 1 is 0.911 bits per heavy atom. The van der Waals surface area contributed by atoms with Crippen LogP contribution in [-0.4, -0.2) is 62.2 Å². The van der Waals surface area contributed by atoms with Crippen molar-refractivity contribution in [2.75, 3.05) is 26.3 Å². The van der Waals surface area contributed by atoms with Gasteiger partial charge in [-0.3, -0.25) is 4.79 Å². The molecule has 244 valence electrons. The van der Waals surface area contributed by atoms with Crippen LogP contribution >= 0.6 is 0 Å². The van der Waals surface area contributed by atoms with Gasteiger partial charge < -0.3 is 26.6 Å². The van der Waals surface area contributed by atoms with E-state index in [0.717, 1.165) is 16.7 Å². The van der Waals surface area contributed by atoms with Gasteiger partial charge in [0.25, 0.3) is 0 Å².